The molecule has 1 aliphatic heterocycles. The topological polar surface area (TPSA) is 45.6 Å². The summed E-state index contributed by atoms with van der Waals surface area (Å²) in [5.41, 5.74) is 3.09. The fourth-order valence-corrected chi connectivity index (χ4v) is 2.33. The van der Waals surface area contributed by atoms with Crippen molar-refractivity contribution in [2.24, 2.45) is 7.05 Å². The van der Waals surface area contributed by atoms with Crippen LogP contribution in [0.5, 0.6) is 0 Å². The molecule has 1 aromatic heterocycles. The Morgan fingerprint density at radius 3 is 1.95 bits per heavy atom. The number of thiocarbonyl (C=S) groups is 1. The van der Waals surface area contributed by atoms with E-state index in [9.17, 15) is 9.59 Å². The van der Waals surface area contributed by atoms with Crippen molar-refractivity contribution in [1.29, 1.82) is 0 Å². The predicted molar refractivity (Wildman–Crippen MR) is 81.0 cm³/mol. The van der Waals surface area contributed by atoms with Gasteiger partial charge in [-0.25, -0.2) is 0 Å². The second kappa shape index (κ2) is 4.86. The summed E-state index contributed by atoms with van der Waals surface area (Å²) in [6, 6.07) is 1.95. The molecule has 0 unspecified atom stereocenters. The van der Waals surface area contributed by atoms with Gasteiger partial charge in [-0.3, -0.25) is 19.4 Å². The lowest BCUT2D eigenvalue weighted by Crippen LogP contribution is -2.52. The molecule has 2 heterocycles. The van der Waals surface area contributed by atoms with Gasteiger partial charge in [-0.2, -0.15) is 0 Å². The maximum atomic E-state index is 12.2. The van der Waals surface area contributed by atoms with E-state index in [1.807, 2.05) is 31.5 Å². The molecule has 1 saturated heterocycles. The van der Waals surface area contributed by atoms with E-state index >= 15 is 0 Å². The van der Waals surface area contributed by atoms with E-state index in [1.54, 1.807) is 20.2 Å². The van der Waals surface area contributed by atoms with Gasteiger partial charge in [-0.1, -0.05) is 0 Å². The van der Waals surface area contributed by atoms with E-state index in [4.69, 9.17) is 12.2 Å². The van der Waals surface area contributed by atoms with Gasteiger partial charge in [-0.05, 0) is 43.8 Å². The number of aryl methyl sites for hydroxylation is 1. The van der Waals surface area contributed by atoms with Crippen LogP contribution in [-0.2, 0) is 16.6 Å². The van der Waals surface area contributed by atoms with Gasteiger partial charge >= 0.3 is 0 Å². The van der Waals surface area contributed by atoms with Gasteiger partial charge in [0.15, 0.2) is 5.11 Å². The summed E-state index contributed by atoms with van der Waals surface area (Å²) in [7, 11) is 5.10. The maximum Gasteiger partial charge on any atom is 0.265 e. The zero-order valence-electron chi connectivity index (χ0n) is 12.2. The van der Waals surface area contributed by atoms with Crippen LogP contribution in [0, 0.1) is 13.8 Å². The van der Waals surface area contributed by atoms with Crippen LogP contribution in [0.25, 0.3) is 6.08 Å². The first-order valence-electron chi connectivity index (χ1n) is 6.20. The molecular formula is C14H17N3O2S. The van der Waals surface area contributed by atoms with Crippen LogP contribution in [0.1, 0.15) is 17.0 Å². The summed E-state index contributed by atoms with van der Waals surface area (Å²) in [6.45, 7) is 3.93. The van der Waals surface area contributed by atoms with Crippen LogP contribution >= 0.6 is 12.2 Å². The van der Waals surface area contributed by atoms with Gasteiger partial charge < -0.3 is 4.57 Å². The number of rotatable bonds is 1. The Bertz CT molecular complexity index is 632. The first-order chi connectivity index (χ1) is 9.25. The highest BCUT2D eigenvalue weighted by Gasteiger charge is 2.35. The molecule has 20 heavy (non-hydrogen) atoms. The molecule has 1 fully saturated rings. The van der Waals surface area contributed by atoms with Gasteiger partial charge in [0.25, 0.3) is 11.8 Å². The molecule has 0 radical (unpaired) electrons. The predicted octanol–water partition coefficient (Wildman–Crippen LogP) is 1.24. The monoisotopic (exact) mass is 291 g/mol. The first-order valence-corrected chi connectivity index (χ1v) is 6.61. The number of aromatic nitrogens is 1. The standard InChI is InChI=1S/C14H17N3O2S/c1-8-6-10(9(2)15(8)3)7-11-12(18)16(4)14(20)17(5)13(11)19/h6-7H,1-5H3. The maximum absolute atomic E-state index is 12.2. The van der Waals surface area contributed by atoms with Gasteiger partial charge in [0.05, 0.1) is 0 Å². The van der Waals surface area contributed by atoms with Crippen molar-refractivity contribution in [2.45, 2.75) is 13.8 Å². The molecule has 2 amide bonds. The fraction of sp³-hybridized carbons (Fsp3) is 0.357. The summed E-state index contributed by atoms with van der Waals surface area (Å²) < 4.78 is 2.02. The number of likely N-dealkylation sites (N-methyl/N-ethyl adjacent to an activating group) is 2. The molecular weight excluding hydrogens is 274 g/mol. The molecule has 0 saturated carbocycles. The average molecular weight is 291 g/mol. The van der Waals surface area contributed by atoms with Crippen molar-refractivity contribution in [3.63, 3.8) is 0 Å². The second-order valence-corrected chi connectivity index (χ2v) is 5.32. The number of carbonyl (C=O) groups excluding carboxylic acids is 2. The zero-order valence-corrected chi connectivity index (χ0v) is 13.0. The number of nitrogens with zero attached hydrogens (tertiary/aromatic N) is 3. The fourth-order valence-electron chi connectivity index (χ4n) is 2.16. The minimum atomic E-state index is -0.362. The Hall–Kier alpha value is -1.95. The zero-order chi connectivity index (χ0) is 15.2. The van der Waals surface area contributed by atoms with Crippen molar-refractivity contribution < 1.29 is 9.59 Å². The third kappa shape index (κ3) is 2.06. The normalized spacial score (nSPS) is 16.2. The van der Waals surface area contributed by atoms with E-state index in [1.165, 1.54) is 9.80 Å². The molecule has 5 nitrogen and oxygen atoms in total. The molecule has 1 aliphatic rings. The highest BCUT2D eigenvalue weighted by Crippen LogP contribution is 2.21. The summed E-state index contributed by atoms with van der Waals surface area (Å²) in [6.07, 6.45) is 1.64. The highest BCUT2D eigenvalue weighted by atomic mass is 32.1. The molecule has 6 heteroatoms. The van der Waals surface area contributed by atoms with Crippen LogP contribution in [0.4, 0.5) is 0 Å². The summed E-state index contributed by atoms with van der Waals surface area (Å²) in [5.74, 6) is -0.724. The number of hydrogen-bond donors (Lipinski definition) is 0. The molecule has 1 aromatic rings. The van der Waals surface area contributed by atoms with E-state index in [0.29, 0.717) is 0 Å². The molecule has 2 rings (SSSR count). The van der Waals surface area contributed by atoms with Crippen LogP contribution in [0.3, 0.4) is 0 Å². The molecule has 106 valence electrons. The molecule has 0 N–H and O–H groups in total. The third-order valence-corrected chi connectivity index (χ3v) is 4.31. The third-order valence-electron chi connectivity index (χ3n) is 3.76. The van der Waals surface area contributed by atoms with E-state index in [2.05, 4.69) is 0 Å². The number of carbonyl (C=O) groups is 2. The van der Waals surface area contributed by atoms with Crippen LogP contribution < -0.4 is 0 Å². The van der Waals surface area contributed by atoms with Crippen molar-refractivity contribution in [3.8, 4) is 0 Å². The molecule has 0 aliphatic carbocycles. The van der Waals surface area contributed by atoms with Crippen molar-refractivity contribution in [1.82, 2.24) is 14.4 Å². The lowest BCUT2D eigenvalue weighted by atomic mass is 10.1. The van der Waals surface area contributed by atoms with Crippen LogP contribution in [0.15, 0.2) is 11.6 Å². The van der Waals surface area contributed by atoms with Gasteiger partial charge in [-0.15, -0.1) is 0 Å². The van der Waals surface area contributed by atoms with Gasteiger partial charge in [0, 0.05) is 32.5 Å². The van der Waals surface area contributed by atoms with Crippen LogP contribution in [-0.4, -0.2) is 45.4 Å². The lowest BCUT2D eigenvalue weighted by molar-refractivity contribution is -0.132. The van der Waals surface area contributed by atoms with E-state index in [0.717, 1.165) is 17.0 Å². The molecule has 0 spiro atoms. The Balaban J connectivity index is 2.52. The molecule has 0 bridgehead atoms. The highest BCUT2D eigenvalue weighted by molar-refractivity contribution is 7.80. The van der Waals surface area contributed by atoms with Crippen molar-refractivity contribution in [3.05, 3.63) is 28.6 Å². The molecule has 0 atom stereocenters. The van der Waals surface area contributed by atoms with Gasteiger partial charge in [0.1, 0.15) is 5.57 Å². The quantitative estimate of drug-likeness (QED) is 0.444. The first kappa shape index (κ1) is 14.5. The second-order valence-electron chi connectivity index (χ2n) is 4.95. The van der Waals surface area contributed by atoms with Crippen molar-refractivity contribution >= 4 is 35.2 Å². The summed E-state index contributed by atoms with van der Waals surface area (Å²) >= 11 is 5.05. The minimum Gasteiger partial charge on any atom is -0.352 e. The minimum absolute atomic E-state index is 0.136. The lowest BCUT2D eigenvalue weighted by Gasteiger charge is -2.31. The Kier molecular flexibility index (Phi) is 3.52. The average Bonchev–Trinajstić information content (AvgIpc) is 2.66. The van der Waals surface area contributed by atoms with E-state index in [-0.39, 0.29) is 22.5 Å². The summed E-state index contributed by atoms with van der Waals surface area (Å²) in [5, 5.41) is 0.220. The smallest absolute Gasteiger partial charge is 0.265 e. The SMILES string of the molecule is Cc1cc(C=C2C(=O)N(C)C(=S)N(C)C2=O)c(C)n1C. The Labute approximate surface area is 123 Å². The molecule has 0 aromatic carbocycles. The summed E-state index contributed by atoms with van der Waals surface area (Å²) in [4.78, 5) is 27.1. The largest absolute Gasteiger partial charge is 0.352 e. The van der Waals surface area contributed by atoms with Gasteiger partial charge in [0.2, 0.25) is 0 Å². The Morgan fingerprint density at radius 1 is 1.05 bits per heavy atom. The Morgan fingerprint density at radius 2 is 1.55 bits per heavy atom. The van der Waals surface area contributed by atoms with E-state index < -0.39 is 0 Å². The van der Waals surface area contributed by atoms with Crippen LogP contribution in [0.2, 0.25) is 0 Å². The number of amides is 2. The van der Waals surface area contributed by atoms with Crippen molar-refractivity contribution in [2.75, 3.05) is 14.1 Å². The number of hydrogen-bond acceptors (Lipinski definition) is 3.